The molecule has 460 valence electrons. The fourth-order valence-electron chi connectivity index (χ4n) is 15.6. The zero-order chi connectivity index (χ0) is 66.6. The lowest BCUT2D eigenvalue weighted by atomic mass is 9.65. The third kappa shape index (κ3) is 8.48. The van der Waals surface area contributed by atoms with Crippen molar-refractivity contribution >= 4 is 132 Å². The SMILES string of the molecule is [C-]#[N+]/C(C#N)=C1/C(=Cc2ccc(-c3ccc4c5c(sc4c3)-c3cc4c(cc3C5(c3ccc(C)cc3)c3ccc(C)cc3)-c3sc5c(sc6cc(-c7ccc(C=C8C(=O)c9ccccc9C8=C(C#N)C#N)s7)sc65)c3C4(c3ccc(C)cc3)c3ccc(C)cc3)s2)C(=O)c2ccccc21. The number of rotatable bonds is 8. The molecule has 14 aromatic rings. The molecule has 0 spiro atoms. The minimum absolute atomic E-state index is 0.0754. The molecule has 0 saturated heterocycles. The first-order chi connectivity index (χ1) is 47.8. The molecule has 6 nitrogen and oxygen atoms in total. The molecule has 0 aliphatic heterocycles. The average molecular weight is 1360 g/mol. The Balaban J connectivity index is 0.837. The number of nitrogens with zero attached hydrogens (tertiary/aromatic N) is 4. The second-order valence-corrected chi connectivity index (χ2v) is 31.9. The molecule has 0 amide bonds. The van der Waals surface area contributed by atoms with E-state index in [1.54, 1.807) is 34.8 Å². The molecule has 18 rings (SSSR count). The van der Waals surface area contributed by atoms with Crippen LogP contribution in [0, 0.1) is 68.3 Å². The number of benzene rings is 8. The molecular weight excluding hydrogens is 1310 g/mol. The van der Waals surface area contributed by atoms with E-state index in [1.165, 1.54) is 117 Å². The van der Waals surface area contributed by atoms with Crippen molar-refractivity contribution in [3.05, 3.63) is 339 Å². The van der Waals surface area contributed by atoms with E-state index in [4.69, 9.17) is 6.57 Å². The Kier molecular flexibility index (Phi) is 13.5. The lowest BCUT2D eigenvalue weighted by Crippen LogP contribution is -2.30. The highest BCUT2D eigenvalue weighted by atomic mass is 32.1. The highest BCUT2D eigenvalue weighted by molar-refractivity contribution is 7.41. The number of fused-ring (bicyclic) bond motifs is 14. The highest BCUT2D eigenvalue weighted by Crippen LogP contribution is 2.68. The maximum Gasteiger partial charge on any atom is 0.270 e. The van der Waals surface area contributed by atoms with Crippen molar-refractivity contribution < 1.29 is 9.59 Å². The summed E-state index contributed by atoms with van der Waals surface area (Å²) in [6.07, 6.45) is 3.69. The van der Waals surface area contributed by atoms with Crippen molar-refractivity contribution in [2.75, 3.05) is 0 Å². The van der Waals surface area contributed by atoms with Crippen molar-refractivity contribution in [2.24, 2.45) is 0 Å². The minimum atomic E-state index is -0.743. The summed E-state index contributed by atoms with van der Waals surface area (Å²) in [6, 6.07) is 80.3. The second kappa shape index (κ2) is 22.3. The third-order valence-electron chi connectivity index (χ3n) is 20.0. The van der Waals surface area contributed by atoms with Crippen LogP contribution in [0.3, 0.4) is 0 Å². The van der Waals surface area contributed by atoms with Crippen molar-refractivity contribution in [1.82, 2.24) is 0 Å². The Labute approximate surface area is 589 Å². The number of hydrogen-bond acceptors (Lipinski definition) is 11. The van der Waals surface area contributed by atoms with Crippen LogP contribution in [-0.2, 0) is 10.8 Å². The Morgan fingerprint density at radius 2 is 0.898 bits per heavy atom. The summed E-state index contributed by atoms with van der Waals surface area (Å²) in [6.45, 7) is 16.5. The predicted octanol–water partition coefficient (Wildman–Crippen LogP) is 23.3. The van der Waals surface area contributed by atoms with E-state index in [-0.39, 0.29) is 22.8 Å². The lowest BCUT2D eigenvalue weighted by molar-refractivity contribution is 0.103. The van der Waals surface area contributed by atoms with Gasteiger partial charge in [-0.1, -0.05) is 180 Å². The van der Waals surface area contributed by atoms with E-state index in [1.807, 2.05) is 106 Å². The van der Waals surface area contributed by atoms with Crippen LogP contribution in [0.25, 0.3) is 98.1 Å². The van der Waals surface area contributed by atoms with Gasteiger partial charge in [-0.2, -0.15) is 10.5 Å². The summed E-state index contributed by atoms with van der Waals surface area (Å²) in [5, 5.41) is 31.4. The number of ketones is 2. The van der Waals surface area contributed by atoms with E-state index in [0.717, 1.165) is 29.9 Å². The van der Waals surface area contributed by atoms with Crippen LogP contribution in [0.1, 0.15) is 108 Å². The number of carbonyl (C=O) groups is 2. The number of carbonyl (C=O) groups excluding carboxylic acids is 2. The molecule has 98 heavy (non-hydrogen) atoms. The average Bonchev–Trinajstić information content (AvgIpc) is 1.50. The van der Waals surface area contributed by atoms with Crippen molar-refractivity contribution in [3.63, 3.8) is 0 Å². The van der Waals surface area contributed by atoms with Gasteiger partial charge in [0.15, 0.2) is 11.6 Å². The Morgan fingerprint density at radius 1 is 0.418 bits per heavy atom. The van der Waals surface area contributed by atoms with Crippen LogP contribution in [0.5, 0.6) is 0 Å². The smallest absolute Gasteiger partial charge is 0.270 e. The summed E-state index contributed by atoms with van der Waals surface area (Å²) in [5.41, 5.74) is 20.3. The maximum absolute atomic E-state index is 14.0. The predicted molar refractivity (Wildman–Crippen MR) is 405 cm³/mol. The van der Waals surface area contributed by atoms with Gasteiger partial charge in [0.25, 0.3) is 5.70 Å². The van der Waals surface area contributed by atoms with Gasteiger partial charge in [0, 0.05) is 82.5 Å². The molecule has 6 aromatic heterocycles. The summed E-state index contributed by atoms with van der Waals surface area (Å²) in [7, 11) is 0. The Morgan fingerprint density at radius 3 is 1.42 bits per heavy atom. The van der Waals surface area contributed by atoms with Crippen molar-refractivity contribution in [3.8, 4) is 59.3 Å². The third-order valence-corrected chi connectivity index (χ3v) is 27.4. The van der Waals surface area contributed by atoms with Crippen LogP contribution >= 0.6 is 68.0 Å². The summed E-state index contributed by atoms with van der Waals surface area (Å²) in [4.78, 5) is 39.0. The molecule has 4 aliphatic rings. The quantitative estimate of drug-likeness (QED) is 0.0855. The van der Waals surface area contributed by atoms with E-state index < -0.39 is 10.8 Å². The van der Waals surface area contributed by atoms with Crippen LogP contribution in [0.2, 0.25) is 0 Å². The zero-order valence-electron chi connectivity index (χ0n) is 52.8. The largest absolute Gasteiger partial charge is 0.289 e. The van der Waals surface area contributed by atoms with Gasteiger partial charge in [0.2, 0.25) is 0 Å². The first-order valence-electron chi connectivity index (χ1n) is 31.9. The highest BCUT2D eigenvalue weighted by Gasteiger charge is 2.54. The molecule has 4 aliphatic carbocycles. The van der Waals surface area contributed by atoms with Gasteiger partial charge in [-0.05, 0) is 161 Å². The van der Waals surface area contributed by atoms with Gasteiger partial charge in [0.05, 0.1) is 37.6 Å². The normalized spacial score (nSPS) is 15.7. The van der Waals surface area contributed by atoms with Crippen molar-refractivity contribution in [1.29, 1.82) is 15.8 Å². The molecular formula is C86H48N4O2S6. The van der Waals surface area contributed by atoms with Crippen LogP contribution in [-0.4, -0.2) is 11.6 Å². The van der Waals surface area contributed by atoms with E-state index >= 15 is 0 Å². The fourth-order valence-corrected chi connectivity index (χ4v) is 23.3. The van der Waals surface area contributed by atoms with Gasteiger partial charge in [-0.3, -0.25) is 9.59 Å². The molecule has 0 fully saturated rings. The van der Waals surface area contributed by atoms with Crippen LogP contribution in [0.15, 0.2) is 229 Å². The zero-order valence-corrected chi connectivity index (χ0v) is 57.7. The summed E-state index contributed by atoms with van der Waals surface area (Å²) >= 11 is 10.7. The fraction of sp³-hybridized carbons (Fsp3) is 0.0698. The molecule has 8 aromatic carbocycles. The molecule has 0 bridgehead atoms. The molecule has 12 heteroatoms. The number of aryl methyl sites for hydroxylation is 4. The topological polar surface area (TPSA) is 110 Å². The summed E-state index contributed by atoms with van der Waals surface area (Å²) < 4.78 is 6.20. The number of allylic oxidation sites excluding steroid dienone is 6. The standard InChI is InChI=1S/C86H48N4O2S6/c1-45-14-23-51(24-15-45)85(52-25-16-46(2)17-26-52)66-40-63-67(39-62(66)80-76(85)61-33-22-49(36-71(61)95-80)69-34-31-55(93-69)38-65-75(68(44-89)90-5)58-11-7-9-13-60(58)79(65)92)86(53-27-18-47(3)19-28-53,54-29-20-48(4)21-30-54)77-81(63)98-84-82-73(97-83(77)84)41-72(96-82)70-35-32-56(94-70)37-64-74(50(42-87)43-88)57-10-6-8-12-59(57)78(64)91/h6-41H,1-4H3/b64-37?,65-38?,75-68+. The van der Waals surface area contributed by atoms with Gasteiger partial charge >= 0.3 is 0 Å². The van der Waals surface area contributed by atoms with E-state index in [9.17, 15) is 25.4 Å². The Hall–Kier alpha value is -11.0. The van der Waals surface area contributed by atoms with Crippen LogP contribution < -0.4 is 0 Å². The van der Waals surface area contributed by atoms with Crippen molar-refractivity contribution in [2.45, 2.75) is 38.5 Å². The minimum Gasteiger partial charge on any atom is -0.289 e. The number of thiophene rings is 6. The maximum atomic E-state index is 14.0. The lowest BCUT2D eigenvalue weighted by Gasteiger charge is -2.36. The molecule has 6 heterocycles. The molecule has 0 radical (unpaired) electrons. The molecule has 0 saturated carbocycles. The molecule has 0 unspecified atom stereocenters. The molecule has 0 N–H and O–H groups in total. The monoisotopic (exact) mass is 1360 g/mol. The second-order valence-electron chi connectivity index (χ2n) is 25.5. The number of hydrogen-bond donors (Lipinski definition) is 0. The first kappa shape index (κ1) is 59.5. The van der Waals surface area contributed by atoms with Gasteiger partial charge in [-0.15, -0.1) is 68.0 Å². The van der Waals surface area contributed by atoms with Crippen LogP contribution in [0.4, 0.5) is 0 Å². The van der Waals surface area contributed by atoms with E-state index in [2.05, 4.69) is 196 Å². The van der Waals surface area contributed by atoms with Gasteiger partial charge in [-0.25, -0.2) is 10.1 Å². The van der Waals surface area contributed by atoms with E-state index in [0.29, 0.717) is 44.5 Å². The number of nitriles is 3. The first-order valence-corrected chi connectivity index (χ1v) is 36.8. The van der Waals surface area contributed by atoms with Gasteiger partial charge in [0.1, 0.15) is 17.7 Å². The van der Waals surface area contributed by atoms with Gasteiger partial charge < -0.3 is 0 Å². The Bertz CT molecular complexity index is 6110. The number of Topliss-reactive ketones (excluding diaryl/α,β-unsaturated/α-hetero) is 2. The molecule has 0 atom stereocenters. The summed E-state index contributed by atoms with van der Waals surface area (Å²) in [5.74, 6) is -0.379.